The van der Waals surface area contributed by atoms with Gasteiger partial charge in [0.2, 0.25) is 5.91 Å². The predicted molar refractivity (Wildman–Crippen MR) is 84.3 cm³/mol. The lowest BCUT2D eigenvalue weighted by Gasteiger charge is -2.30. The molecular formula is C17H22F2N2O3. The number of piperidine rings is 1. The first-order valence-electron chi connectivity index (χ1n) is 8.10. The van der Waals surface area contributed by atoms with Crippen molar-refractivity contribution in [3.05, 3.63) is 35.4 Å². The normalized spacial score (nSPS) is 17.5. The molecule has 5 nitrogen and oxygen atoms in total. The van der Waals surface area contributed by atoms with E-state index in [2.05, 4.69) is 17.1 Å². The number of carbonyl (C=O) groups is 2. The zero-order valence-corrected chi connectivity index (χ0v) is 13.6. The van der Waals surface area contributed by atoms with Gasteiger partial charge < -0.3 is 15.3 Å². The van der Waals surface area contributed by atoms with Gasteiger partial charge in [-0.2, -0.15) is 0 Å². The highest BCUT2D eigenvalue weighted by molar-refractivity contribution is 5.84. The van der Waals surface area contributed by atoms with Crippen LogP contribution in [0.1, 0.15) is 37.8 Å². The van der Waals surface area contributed by atoms with Crippen molar-refractivity contribution in [2.24, 2.45) is 5.92 Å². The van der Waals surface area contributed by atoms with E-state index < -0.39 is 29.6 Å². The summed E-state index contributed by atoms with van der Waals surface area (Å²) in [6, 6.07) is 1.11. The van der Waals surface area contributed by atoms with Crippen molar-refractivity contribution < 1.29 is 23.5 Å². The largest absolute Gasteiger partial charge is 0.479 e. The fourth-order valence-electron chi connectivity index (χ4n) is 3.00. The average molecular weight is 340 g/mol. The molecule has 24 heavy (non-hydrogen) atoms. The Kier molecular flexibility index (Phi) is 6.25. The number of likely N-dealkylation sites (tertiary alicyclic amines) is 1. The molecule has 1 aliphatic rings. The molecule has 0 radical (unpaired) electrons. The molecule has 132 valence electrons. The highest BCUT2D eigenvalue weighted by atomic mass is 19.1. The van der Waals surface area contributed by atoms with Crippen LogP contribution in [0, 0.1) is 17.6 Å². The number of aliphatic carboxylic acids is 1. The summed E-state index contributed by atoms with van der Waals surface area (Å²) in [6.45, 7) is 4.90. The molecule has 1 aromatic rings. The number of halogens is 2. The Morgan fingerprint density at radius 2 is 2.00 bits per heavy atom. The number of carbonyl (C=O) groups excluding carboxylic acids is 1. The van der Waals surface area contributed by atoms with Crippen LogP contribution in [0.3, 0.4) is 0 Å². The minimum atomic E-state index is -1.52. The van der Waals surface area contributed by atoms with Crippen LogP contribution in [-0.4, -0.2) is 41.5 Å². The van der Waals surface area contributed by atoms with Crippen LogP contribution in [0.4, 0.5) is 8.78 Å². The number of nitrogens with one attached hydrogen (secondary N) is 1. The lowest BCUT2D eigenvalue weighted by atomic mass is 9.93. The van der Waals surface area contributed by atoms with Crippen molar-refractivity contribution in [1.82, 2.24) is 10.2 Å². The molecule has 0 unspecified atom stereocenters. The number of carboxylic acid groups (broad SMARTS) is 1. The zero-order chi connectivity index (χ0) is 17.7. The van der Waals surface area contributed by atoms with Gasteiger partial charge in [-0.15, -0.1) is 0 Å². The summed E-state index contributed by atoms with van der Waals surface area (Å²) in [5.74, 6) is -3.40. The molecule has 0 saturated carbocycles. The SMILES string of the molecule is CCN1CCC(CC(=O)N[C@@H](C(=O)O)c2ccc(F)cc2F)CC1. The quantitative estimate of drug-likeness (QED) is 0.834. The zero-order valence-electron chi connectivity index (χ0n) is 13.6. The molecule has 1 aliphatic heterocycles. The second-order valence-electron chi connectivity index (χ2n) is 6.09. The van der Waals surface area contributed by atoms with E-state index in [0.717, 1.165) is 44.6 Å². The average Bonchev–Trinajstić information content (AvgIpc) is 2.54. The third kappa shape index (κ3) is 4.74. The lowest BCUT2D eigenvalue weighted by molar-refractivity contribution is -0.142. The molecule has 0 aliphatic carbocycles. The highest BCUT2D eigenvalue weighted by Gasteiger charge is 2.27. The van der Waals surface area contributed by atoms with Crippen LogP contribution >= 0.6 is 0 Å². The number of carboxylic acids is 1. The number of hydrogen-bond donors (Lipinski definition) is 2. The summed E-state index contributed by atoms with van der Waals surface area (Å²) in [7, 11) is 0. The minimum absolute atomic E-state index is 0.195. The second-order valence-corrected chi connectivity index (χ2v) is 6.09. The first-order valence-corrected chi connectivity index (χ1v) is 8.10. The molecule has 1 amide bonds. The Labute approximate surface area is 139 Å². The summed E-state index contributed by atoms with van der Waals surface area (Å²) in [5, 5.41) is 11.6. The Morgan fingerprint density at radius 3 is 2.54 bits per heavy atom. The van der Waals surface area contributed by atoms with Crippen LogP contribution in [0.15, 0.2) is 18.2 Å². The minimum Gasteiger partial charge on any atom is -0.479 e. The number of amides is 1. The van der Waals surface area contributed by atoms with Crippen LogP contribution < -0.4 is 5.32 Å². The molecule has 0 bridgehead atoms. The van der Waals surface area contributed by atoms with Gasteiger partial charge in [0.15, 0.2) is 6.04 Å². The van der Waals surface area contributed by atoms with E-state index in [4.69, 9.17) is 0 Å². The summed E-state index contributed by atoms with van der Waals surface area (Å²) < 4.78 is 26.8. The summed E-state index contributed by atoms with van der Waals surface area (Å²) in [5.41, 5.74) is -0.252. The monoisotopic (exact) mass is 340 g/mol. The van der Waals surface area contributed by atoms with Crippen LogP contribution in [0.2, 0.25) is 0 Å². The molecule has 7 heteroatoms. The number of benzene rings is 1. The molecule has 2 rings (SSSR count). The highest BCUT2D eigenvalue weighted by Crippen LogP contribution is 2.22. The molecule has 2 N–H and O–H groups in total. The standard InChI is InChI=1S/C17H22F2N2O3/c1-2-21-7-5-11(6-8-21)9-15(22)20-16(17(23)24)13-4-3-12(18)10-14(13)19/h3-4,10-11,16H,2,5-9H2,1H3,(H,20,22)(H,23,24)/t16-/m1/s1. The van der Waals surface area contributed by atoms with Crippen LogP contribution in [0.5, 0.6) is 0 Å². The van der Waals surface area contributed by atoms with Gasteiger partial charge in [-0.05, 0) is 44.5 Å². The van der Waals surface area contributed by atoms with Crippen molar-refractivity contribution in [3.63, 3.8) is 0 Å². The molecule has 1 saturated heterocycles. The summed E-state index contributed by atoms with van der Waals surface area (Å²) in [6.07, 6.45) is 1.97. The second kappa shape index (κ2) is 8.19. The lowest BCUT2D eigenvalue weighted by Crippen LogP contribution is -2.38. The third-order valence-corrected chi connectivity index (χ3v) is 4.45. The van der Waals surface area contributed by atoms with E-state index in [1.165, 1.54) is 0 Å². The molecule has 1 atom stereocenters. The first kappa shape index (κ1) is 18.3. The van der Waals surface area contributed by atoms with E-state index in [-0.39, 0.29) is 17.9 Å². The molecule has 0 aromatic heterocycles. The van der Waals surface area contributed by atoms with Gasteiger partial charge >= 0.3 is 5.97 Å². The van der Waals surface area contributed by atoms with Gasteiger partial charge in [0, 0.05) is 18.1 Å². The maximum atomic E-state index is 13.8. The summed E-state index contributed by atoms with van der Waals surface area (Å²) >= 11 is 0. The maximum absolute atomic E-state index is 13.8. The predicted octanol–water partition coefficient (Wildman–Crippen LogP) is 2.33. The van der Waals surface area contributed by atoms with Gasteiger partial charge in [-0.1, -0.05) is 13.0 Å². The fraction of sp³-hybridized carbons (Fsp3) is 0.529. The van der Waals surface area contributed by atoms with Crippen LogP contribution in [-0.2, 0) is 9.59 Å². The van der Waals surface area contributed by atoms with Gasteiger partial charge in [0.05, 0.1) is 0 Å². The van der Waals surface area contributed by atoms with E-state index >= 15 is 0 Å². The van der Waals surface area contributed by atoms with E-state index in [1.807, 2.05) is 0 Å². The first-order chi connectivity index (χ1) is 11.4. The maximum Gasteiger partial charge on any atom is 0.331 e. The van der Waals surface area contributed by atoms with Crippen LogP contribution in [0.25, 0.3) is 0 Å². The molecule has 1 aromatic carbocycles. The Bertz CT molecular complexity index is 601. The van der Waals surface area contributed by atoms with Crippen molar-refractivity contribution in [2.75, 3.05) is 19.6 Å². The number of hydrogen-bond acceptors (Lipinski definition) is 3. The van der Waals surface area contributed by atoms with E-state index in [1.54, 1.807) is 0 Å². The Hall–Kier alpha value is -2.02. The topological polar surface area (TPSA) is 69.6 Å². The Morgan fingerprint density at radius 1 is 1.33 bits per heavy atom. The van der Waals surface area contributed by atoms with Crippen molar-refractivity contribution in [2.45, 2.75) is 32.2 Å². The van der Waals surface area contributed by atoms with Crippen molar-refractivity contribution in [3.8, 4) is 0 Å². The molecule has 0 spiro atoms. The summed E-state index contributed by atoms with van der Waals surface area (Å²) in [4.78, 5) is 25.8. The fourth-order valence-corrected chi connectivity index (χ4v) is 3.00. The molecular weight excluding hydrogens is 318 g/mol. The van der Waals surface area contributed by atoms with Gasteiger partial charge in [-0.3, -0.25) is 4.79 Å². The van der Waals surface area contributed by atoms with Gasteiger partial charge in [-0.25, -0.2) is 13.6 Å². The van der Waals surface area contributed by atoms with Gasteiger partial charge in [0.25, 0.3) is 0 Å². The third-order valence-electron chi connectivity index (χ3n) is 4.45. The van der Waals surface area contributed by atoms with E-state index in [0.29, 0.717) is 6.07 Å². The number of rotatable bonds is 6. The molecule has 1 heterocycles. The van der Waals surface area contributed by atoms with Crippen molar-refractivity contribution >= 4 is 11.9 Å². The molecule has 1 fully saturated rings. The number of nitrogens with zero attached hydrogens (tertiary/aromatic N) is 1. The Balaban J connectivity index is 1.98. The van der Waals surface area contributed by atoms with Crippen molar-refractivity contribution in [1.29, 1.82) is 0 Å². The van der Waals surface area contributed by atoms with Gasteiger partial charge in [0.1, 0.15) is 11.6 Å². The van der Waals surface area contributed by atoms with E-state index in [9.17, 15) is 23.5 Å². The smallest absolute Gasteiger partial charge is 0.331 e.